The van der Waals surface area contributed by atoms with E-state index in [4.69, 9.17) is 4.52 Å². The summed E-state index contributed by atoms with van der Waals surface area (Å²) in [7, 11) is 0. The average Bonchev–Trinajstić information content (AvgIpc) is 3.09. The van der Waals surface area contributed by atoms with Gasteiger partial charge in [0.05, 0.1) is 12.1 Å². The van der Waals surface area contributed by atoms with E-state index in [0.29, 0.717) is 23.2 Å². The van der Waals surface area contributed by atoms with Gasteiger partial charge in [0.25, 0.3) is 5.91 Å². The van der Waals surface area contributed by atoms with Crippen molar-refractivity contribution in [3.63, 3.8) is 0 Å². The van der Waals surface area contributed by atoms with E-state index in [0.717, 1.165) is 18.9 Å². The maximum Gasteiger partial charge on any atom is 0.253 e. The predicted octanol–water partition coefficient (Wildman–Crippen LogP) is 2.75. The van der Waals surface area contributed by atoms with E-state index >= 15 is 0 Å². The summed E-state index contributed by atoms with van der Waals surface area (Å²) >= 11 is 0. The van der Waals surface area contributed by atoms with Gasteiger partial charge in [-0.15, -0.1) is 0 Å². The summed E-state index contributed by atoms with van der Waals surface area (Å²) in [6.07, 6.45) is 4.08. The van der Waals surface area contributed by atoms with Gasteiger partial charge in [-0.05, 0) is 30.9 Å². The molecule has 0 aliphatic carbocycles. The predicted molar refractivity (Wildman–Crippen MR) is 94.4 cm³/mol. The minimum absolute atomic E-state index is 0.172. The van der Waals surface area contributed by atoms with Crippen molar-refractivity contribution in [2.45, 2.75) is 46.1 Å². The van der Waals surface area contributed by atoms with Crippen LogP contribution in [-0.2, 0) is 6.54 Å². The third-order valence-corrected chi connectivity index (χ3v) is 4.38. The first-order valence-corrected chi connectivity index (χ1v) is 8.84. The molecule has 0 radical (unpaired) electrons. The van der Waals surface area contributed by atoms with Crippen LogP contribution in [-0.4, -0.2) is 34.1 Å². The molecular weight excluding hydrogens is 318 g/mol. The Labute approximate surface area is 147 Å². The van der Waals surface area contributed by atoms with Gasteiger partial charge in [-0.3, -0.25) is 4.79 Å². The molecule has 3 heterocycles. The number of pyridine rings is 1. The van der Waals surface area contributed by atoms with Gasteiger partial charge >= 0.3 is 0 Å². The van der Waals surface area contributed by atoms with Crippen LogP contribution in [0.4, 0.5) is 5.82 Å². The summed E-state index contributed by atoms with van der Waals surface area (Å²) in [6, 6.07) is 3.73. The van der Waals surface area contributed by atoms with Crippen molar-refractivity contribution in [1.82, 2.24) is 20.4 Å². The molecule has 3 rings (SSSR count). The smallest absolute Gasteiger partial charge is 0.253 e. The Morgan fingerprint density at radius 3 is 2.92 bits per heavy atom. The highest BCUT2D eigenvalue weighted by atomic mass is 16.5. The van der Waals surface area contributed by atoms with Crippen LogP contribution >= 0.6 is 0 Å². The zero-order chi connectivity index (χ0) is 17.8. The van der Waals surface area contributed by atoms with E-state index in [1.165, 1.54) is 12.8 Å². The van der Waals surface area contributed by atoms with E-state index in [9.17, 15) is 4.79 Å². The van der Waals surface area contributed by atoms with Crippen molar-refractivity contribution in [3.05, 3.63) is 35.6 Å². The molecular formula is C18H25N5O2. The fourth-order valence-corrected chi connectivity index (χ4v) is 2.94. The van der Waals surface area contributed by atoms with Crippen LogP contribution in [0.2, 0.25) is 0 Å². The number of piperidine rings is 1. The van der Waals surface area contributed by atoms with Crippen molar-refractivity contribution in [2.75, 3.05) is 18.0 Å². The van der Waals surface area contributed by atoms with Crippen molar-refractivity contribution in [1.29, 1.82) is 0 Å². The maximum absolute atomic E-state index is 12.2. The van der Waals surface area contributed by atoms with Crippen molar-refractivity contribution in [2.24, 2.45) is 5.92 Å². The SMILES string of the molecule is CC1CCCN(c2ccc(C(=O)NCc3noc(C(C)C)n3)cn2)C1. The molecule has 7 nitrogen and oxygen atoms in total. The summed E-state index contributed by atoms with van der Waals surface area (Å²) in [5, 5.41) is 6.66. The lowest BCUT2D eigenvalue weighted by atomic mass is 10.0. The Kier molecular flexibility index (Phi) is 5.31. The average molecular weight is 343 g/mol. The normalized spacial score (nSPS) is 17.8. The maximum atomic E-state index is 12.2. The number of aromatic nitrogens is 3. The van der Waals surface area contributed by atoms with E-state index in [1.807, 2.05) is 26.0 Å². The van der Waals surface area contributed by atoms with Crippen molar-refractivity contribution < 1.29 is 9.32 Å². The molecule has 0 aromatic carbocycles. The first kappa shape index (κ1) is 17.4. The molecule has 1 atom stereocenters. The number of carbonyl (C=O) groups excluding carboxylic acids is 1. The van der Waals surface area contributed by atoms with Gasteiger partial charge in [0, 0.05) is 25.2 Å². The Morgan fingerprint density at radius 1 is 1.44 bits per heavy atom. The first-order chi connectivity index (χ1) is 12.0. The topological polar surface area (TPSA) is 84.2 Å². The third kappa shape index (κ3) is 4.35. The number of hydrogen-bond acceptors (Lipinski definition) is 6. The highest BCUT2D eigenvalue weighted by molar-refractivity contribution is 5.93. The molecule has 1 saturated heterocycles. The van der Waals surface area contributed by atoms with Gasteiger partial charge in [-0.25, -0.2) is 4.98 Å². The lowest BCUT2D eigenvalue weighted by Gasteiger charge is -2.31. The third-order valence-electron chi connectivity index (χ3n) is 4.38. The molecule has 0 spiro atoms. The number of hydrogen-bond donors (Lipinski definition) is 1. The Bertz CT molecular complexity index is 711. The molecule has 134 valence electrons. The van der Waals surface area contributed by atoms with E-state index in [-0.39, 0.29) is 18.4 Å². The van der Waals surface area contributed by atoms with Crippen LogP contribution in [0.5, 0.6) is 0 Å². The molecule has 2 aromatic rings. The van der Waals surface area contributed by atoms with E-state index in [1.54, 1.807) is 6.20 Å². The molecule has 7 heteroatoms. The van der Waals surface area contributed by atoms with Crippen LogP contribution in [0.25, 0.3) is 0 Å². The number of amides is 1. The quantitative estimate of drug-likeness (QED) is 0.898. The van der Waals surface area contributed by atoms with Crippen LogP contribution < -0.4 is 10.2 Å². The lowest BCUT2D eigenvalue weighted by molar-refractivity contribution is 0.0949. The molecule has 1 amide bonds. The van der Waals surface area contributed by atoms with Gasteiger partial charge in [-0.1, -0.05) is 25.9 Å². The lowest BCUT2D eigenvalue weighted by Crippen LogP contribution is -2.34. The molecule has 2 aromatic heterocycles. The number of nitrogens with one attached hydrogen (secondary N) is 1. The minimum Gasteiger partial charge on any atom is -0.356 e. The van der Waals surface area contributed by atoms with Crippen LogP contribution in [0.1, 0.15) is 61.6 Å². The van der Waals surface area contributed by atoms with E-state index in [2.05, 4.69) is 32.3 Å². The number of anilines is 1. The molecule has 0 saturated carbocycles. The second kappa shape index (κ2) is 7.63. The highest BCUT2D eigenvalue weighted by Gasteiger charge is 2.18. The van der Waals surface area contributed by atoms with Gasteiger partial charge in [-0.2, -0.15) is 4.98 Å². The number of carbonyl (C=O) groups is 1. The Hall–Kier alpha value is -2.44. The fraction of sp³-hybridized carbons (Fsp3) is 0.556. The second-order valence-corrected chi connectivity index (χ2v) is 6.98. The largest absolute Gasteiger partial charge is 0.356 e. The van der Waals surface area contributed by atoms with Gasteiger partial charge < -0.3 is 14.7 Å². The monoisotopic (exact) mass is 343 g/mol. The second-order valence-electron chi connectivity index (χ2n) is 6.98. The summed E-state index contributed by atoms with van der Waals surface area (Å²) in [5.74, 6) is 2.65. The molecule has 1 N–H and O–H groups in total. The minimum atomic E-state index is -0.193. The molecule has 1 aliphatic rings. The summed E-state index contributed by atoms with van der Waals surface area (Å²) in [6.45, 7) is 8.50. The van der Waals surface area contributed by atoms with E-state index < -0.39 is 0 Å². The van der Waals surface area contributed by atoms with Crippen LogP contribution in [0.15, 0.2) is 22.9 Å². The van der Waals surface area contributed by atoms with Crippen LogP contribution in [0.3, 0.4) is 0 Å². The van der Waals surface area contributed by atoms with Crippen molar-refractivity contribution in [3.8, 4) is 0 Å². The number of nitrogens with zero attached hydrogens (tertiary/aromatic N) is 4. The zero-order valence-electron chi connectivity index (χ0n) is 15.0. The summed E-state index contributed by atoms with van der Waals surface area (Å²) < 4.78 is 5.13. The van der Waals surface area contributed by atoms with Gasteiger partial charge in [0.15, 0.2) is 5.82 Å². The highest BCUT2D eigenvalue weighted by Crippen LogP contribution is 2.21. The van der Waals surface area contributed by atoms with Crippen molar-refractivity contribution >= 4 is 11.7 Å². The first-order valence-electron chi connectivity index (χ1n) is 8.84. The Morgan fingerprint density at radius 2 is 2.28 bits per heavy atom. The summed E-state index contributed by atoms with van der Waals surface area (Å²) in [5.41, 5.74) is 0.529. The fourth-order valence-electron chi connectivity index (χ4n) is 2.94. The van der Waals surface area contributed by atoms with Gasteiger partial charge in [0.1, 0.15) is 5.82 Å². The molecule has 0 bridgehead atoms. The molecule has 1 fully saturated rings. The molecule has 1 unspecified atom stereocenters. The number of rotatable bonds is 5. The summed E-state index contributed by atoms with van der Waals surface area (Å²) in [4.78, 5) is 23.2. The molecule has 1 aliphatic heterocycles. The molecule has 25 heavy (non-hydrogen) atoms. The Balaban J connectivity index is 1.56. The van der Waals surface area contributed by atoms with Crippen LogP contribution in [0, 0.1) is 5.92 Å². The zero-order valence-corrected chi connectivity index (χ0v) is 15.0. The standard InChI is InChI=1S/C18H25N5O2/c1-12(2)18-21-15(22-25-18)10-20-17(24)14-6-7-16(19-9-14)23-8-4-5-13(3)11-23/h6-7,9,12-13H,4-5,8,10-11H2,1-3H3,(H,20,24). The van der Waals surface area contributed by atoms with Gasteiger partial charge in [0.2, 0.25) is 5.89 Å².